The molecule has 2 atom stereocenters. The summed E-state index contributed by atoms with van der Waals surface area (Å²) in [6.45, 7) is 0. The molecule has 0 spiro atoms. The second-order valence-corrected chi connectivity index (χ2v) is 6.16. The number of anilines is 1. The molecular weight excluding hydrogens is 278 g/mol. The van der Waals surface area contributed by atoms with Crippen molar-refractivity contribution in [3.8, 4) is 0 Å². The Bertz CT molecular complexity index is 579. The van der Waals surface area contributed by atoms with Crippen molar-refractivity contribution in [2.24, 2.45) is 11.7 Å². The third-order valence-corrected chi connectivity index (χ3v) is 4.63. The summed E-state index contributed by atoms with van der Waals surface area (Å²) in [6, 6.07) is 5.03. The number of hydrogen-bond acceptors (Lipinski definition) is 4. The minimum Gasteiger partial charge on any atom is -0.369 e. The van der Waals surface area contributed by atoms with E-state index < -0.39 is 12.3 Å². The SMILES string of the molecule is N[C@@H](C(=O)Nc1ccc2c(c1)C=CNC2O)C1CCCCC1. The Labute approximate surface area is 130 Å². The van der Waals surface area contributed by atoms with Gasteiger partial charge in [-0.3, -0.25) is 4.79 Å². The molecule has 0 saturated heterocycles. The van der Waals surface area contributed by atoms with Crippen molar-refractivity contribution in [2.45, 2.75) is 44.4 Å². The van der Waals surface area contributed by atoms with Gasteiger partial charge in [-0.1, -0.05) is 25.3 Å². The molecule has 5 heteroatoms. The molecule has 5 N–H and O–H groups in total. The molecule has 0 radical (unpaired) electrons. The summed E-state index contributed by atoms with van der Waals surface area (Å²) in [5.41, 5.74) is 8.54. The van der Waals surface area contributed by atoms with Gasteiger partial charge in [0.25, 0.3) is 0 Å². The van der Waals surface area contributed by atoms with E-state index in [0.29, 0.717) is 5.69 Å². The number of fused-ring (bicyclic) bond motifs is 1. The minimum absolute atomic E-state index is 0.120. The van der Waals surface area contributed by atoms with Crippen LogP contribution in [-0.2, 0) is 4.79 Å². The fourth-order valence-electron chi connectivity index (χ4n) is 3.30. The van der Waals surface area contributed by atoms with Crippen molar-refractivity contribution < 1.29 is 9.90 Å². The van der Waals surface area contributed by atoms with Gasteiger partial charge < -0.3 is 21.5 Å². The first-order chi connectivity index (χ1) is 10.6. The number of hydrogen-bond donors (Lipinski definition) is 4. The van der Waals surface area contributed by atoms with Gasteiger partial charge in [0, 0.05) is 11.3 Å². The molecule has 1 aromatic rings. The highest BCUT2D eigenvalue weighted by molar-refractivity contribution is 5.95. The van der Waals surface area contributed by atoms with Crippen LogP contribution in [-0.4, -0.2) is 17.1 Å². The lowest BCUT2D eigenvalue weighted by Crippen LogP contribution is -2.42. The predicted octanol–water partition coefficient (Wildman–Crippen LogP) is 2.10. The molecule has 1 amide bonds. The summed E-state index contributed by atoms with van der Waals surface area (Å²) in [4.78, 5) is 12.3. The Morgan fingerprint density at radius 1 is 1.32 bits per heavy atom. The van der Waals surface area contributed by atoms with Gasteiger partial charge in [-0.2, -0.15) is 0 Å². The van der Waals surface area contributed by atoms with Crippen LogP contribution in [0, 0.1) is 5.92 Å². The van der Waals surface area contributed by atoms with Crippen molar-refractivity contribution >= 4 is 17.7 Å². The van der Waals surface area contributed by atoms with Crippen LogP contribution in [0.5, 0.6) is 0 Å². The first-order valence-corrected chi connectivity index (χ1v) is 7.96. The predicted molar refractivity (Wildman–Crippen MR) is 86.8 cm³/mol. The standard InChI is InChI=1S/C17H23N3O2/c18-15(11-4-2-1-3-5-11)17(22)20-13-6-7-14-12(10-13)8-9-19-16(14)21/h6-11,15-16,19,21H,1-5,18H2,(H,20,22)/t15-,16?/m1/s1. The van der Waals surface area contributed by atoms with Crippen LogP contribution in [0.1, 0.15) is 49.5 Å². The minimum atomic E-state index is -0.700. The number of nitrogens with one attached hydrogen (secondary N) is 2. The van der Waals surface area contributed by atoms with Gasteiger partial charge in [0.15, 0.2) is 6.23 Å². The Morgan fingerprint density at radius 2 is 2.09 bits per heavy atom. The van der Waals surface area contributed by atoms with E-state index in [9.17, 15) is 9.90 Å². The summed E-state index contributed by atoms with van der Waals surface area (Å²) in [5, 5.41) is 15.6. The molecule has 5 nitrogen and oxygen atoms in total. The van der Waals surface area contributed by atoms with Crippen LogP contribution in [0.15, 0.2) is 24.4 Å². The van der Waals surface area contributed by atoms with Crippen molar-refractivity contribution in [3.63, 3.8) is 0 Å². The Kier molecular flexibility index (Phi) is 4.45. The van der Waals surface area contributed by atoms with Crippen molar-refractivity contribution in [1.29, 1.82) is 0 Å². The van der Waals surface area contributed by atoms with E-state index in [1.807, 2.05) is 18.2 Å². The number of nitrogens with two attached hydrogens (primary N) is 1. The molecule has 1 heterocycles. The van der Waals surface area contributed by atoms with Gasteiger partial charge in [0.05, 0.1) is 6.04 Å². The highest BCUT2D eigenvalue weighted by Crippen LogP contribution is 2.27. The first-order valence-electron chi connectivity index (χ1n) is 7.96. The molecule has 1 fully saturated rings. The maximum absolute atomic E-state index is 12.3. The number of aliphatic hydroxyl groups excluding tert-OH is 1. The molecule has 1 unspecified atom stereocenters. The van der Waals surface area contributed by atoms with Gasteiger partial charge in [0.1, 0.15) is 0 Å². The van der Waals surface area contributed by atoms with Crippen LogP contribution in [0.4, 0.5) is 5.69 Å². The largest absolute Gasteiger partial charge is 0.369 e. The third-order valence-electron chi connectivity index (χ3n) is 4.63. The molecule has 1 aromatic carbocycles. The fraction of sp³-hybridized carbons (Fsp3) is 0.471. The molecule has 0 bridgehead atoms. The number of amides is 1. The van der Waals surface area contributed by atoms with Crippen molar-refractivity contribution in [1.82, 2.24) is 5.32 Å². The maximum atomic E-state index is 12.3. The quantitative estimate of drug-likeness (QED) is 0.688. The number of benzene rings is 1. The van der Waals surface area contributed by atoms with Gasteiger partial charge in [-0.05, 0) is 48.7 Å². The lowest BCUT2D eigenvalue weighted by Gasteiger charge is -2.26. The molecule has 2 aliphatic rings. The van der Waals surface area contributed by atoms with Gasteiger partial charge >= 0.3 is 0 Å². The van der Waals surface area contributed by atoms with Crippen LogP contribution >= 0.6 is 0 Å². The zero-order chi connectivity index (χ0) is 15.5. The molecule has 1 aliphatic carbocycles. The molecule has 3 rings (SSSR count). The summed E-state index contributed by atoms with van der Waals surface area (Å²) in [6.07, 6.45) is 8.54. The monoisotopic (exact) mass is 301 g/mol. The Hall–Kier alpha value is -1.85. The second kappa shape index (κ2) is 6.50. The van der Waals surface area contributed by atoms with Crippen molar-refractivity contribution in [2.75, 3.05) is 5.32 Å². The molecule has 22 heavy (non-hydrogen) atoms. The van der Waals surface area contributed by atoms with E-state index >= 15 is 0 Å². The smallest absolute Gasteiger partial charge is 0.241 e. The van der Waals surface area contributed by atoms with Crippen molar-refractivity contribution in [3.05, 3.63) is 35.5 Å². The lowest BCUT2D eigenvalue weighted by molar-refractivity contribution is -0.118. The third kappa shape index (κ3) is 3.15. The number of carbonyl (C=O) groups excluding carboxylic acids is 1. The zero-order valence-corrected chi connectivity index (χ0v) is 12.6. The van der Waals surface area contributed by atoms with E-state index in [1.54, 1.807) is 12.3 Å². The average molecular weight is 301 g/mol. The normalized spacial score (nSPS) is 22.5. The molecule has 1 saturated carbocycles. The maximum Gasteiger partial charge on any atom is 0.241 e. The van der Waals surface area contributed by atoms with Crippen LogP contribution < -0.4 is 16.4 Å². The average Bonchev–Trinajstić information content (AvgIpc) is 2.55. The Morgan fingerprint density at radius 3 is 2.86 bits per heavy atom. The fourth-order valence-corrected chi connectivity index (χ4v) is 3.30. The first kappa shape index (κ1) is 15.1. The van der Waals surface area contributed by atoms with Crippen LogP contribution in [0.3, 0.4) is 0 Å². The number of rotatable bonds is 3. The summed E-state index contributed by atoms with van der Waals surface area (Å²) in [5.74, 6) is 0.169. The van der Waals surface area contributed by atoms with E-state index in [-0.39, 0.29) is 11.8 Å². The molecule has 118 valence electrons. The second-order valence-electron chi connectivity index (χ2n) is 6.16. The highest BCUT2D eigenvalue weighted by atomic mass is 16.3. The van der Waals surface area contributed by atoms with Crippen LogP contribution in [0.25, 0.3) is 6.08 Å². The highest BCUT2D eigenvalue weighted by Gasteiger charge is 2.26. The lowest BCUT2D eigenvalue weighted by atomic mass is 9.84. The summed E-state index contributed by atoms with van der Waals surface area (Å²) < 4.78 is 0. The topological polar surface area (TPSA) is 87.4 Å². The zero-order valence-electron chi connectivity index (χ0n) is 12.6. The Balaban J connectivity index is 1.68. The summed E-state index contributed by atoms with van der Waals surface area (Å²) >= 11 is 0. The van der Waals surface area contributed by atoms with Gasteiger partial charge in [-0.25, -0.2) is 0 Å². The molecule has 0 aromatic heterocycles. The van der Waals surface area contributed by atoms with E-state index in [1.165, 1.54) is 19.3 Å². The number of carbonyl (C=O) groups is 1. The summed E-state index contributed by atoms with van der Waals surface area (Å²) in [7, 11) is 0. The van der Waals surface area contributed by atoms with E-state index in [4.69, 9.17) is 5.73 Å². The van der Waals surface area contributed by atoms with E-state index in [0.717, 1.165) is 24.0 Å². The number of aliphatic hydroxyl groups is 1. The van der Waals surface area contributed by atoms with Gasteiger partial charge in [0.2, 0.25) is 5.91 Å². The van der Waals surface area contributed by atoms with E-state index in [2.05, 4.69) is 10.6 Å². The van der Waals surface area contributed by atoms with Gasteiger partial charge in [-0.15, -0.1) is 0 Å². The van der Waals surface area contributed by atoms with Crippen LogP contribution in [0.2, 0.25) is 0 Å². The molecule has 1 aliphatic heterocycles. The molecular formula is C17H23N3O2.